The van der Waals surface area contributed by atoms with Crippen LogP contribution in [0.4, 0.5) is 5.69 Å². The summed E-state index contributed by atoms with van der Waals surface area (Å²) >= 11 is 0. The molecule has 5 nitrogen and oxygen atoms in total. The van der Waals surface area contributed by atoms with Crippen LogP contribution in [0.1, 0.15) is 32.8 Å². The van der Waals surface area contributed by atoms with Crippen molar-refractivity contribution in [3.63, 3.8) is 0 Å². The Kier molecular flexibility index (Phi) is 5.54. The maximum Gasteiger partial charge on any atom is 0.328 e. The Morgan fingerprint density at radius 3 is 2.29 bits per heavy atom. The number of rotatable bonds is 6. The number of hydrogen-bond acceptors (Lipinski definition) is 3. The topological polar surface area (TPSA) is 83.5 Å². The Labute approximate surface area is 125 Å². The first kappa shape index (κ1) is 17.2. The van der Waals surface area contributed by atoms with E-state index in [4.69, 9.17) is 5.11 Å². The summed E-state index contributed by atoms with van der Waals surface area (Å²) in [5, 5.41) is 8.53. The Morgan fingerprint density at radius 2 is 1.81 bits per heavy atom. The molecule has 0 aliphatic rings. The third kappa shape index (κ3) is 7.51. The van der Waals surface area contributed by atoms with Crippen LogP contribution in [0, 0.1) is 5.41 Å². The third-order valence-corrected chi connectivity index (χ3v) is 4.01. The molecule has 0 amide bonds. The zero-order valence-electron chi connectivity index (χ0n) is 12.5. The summed E-state index contributed by atoms with van der Waals surface area (Å²) < 4.78 is 26.4. The monoisotopic (exact) mass is 311 g/mol. The Morgan fingerprint density at radius 1 is 1.24 bits per heavy atom. The van der Waals surface area contributed by atoms with Crippen molar-refractivity contribution < 1.29 is 18.3 Å². The molecule has 1 aromatic rings. The van der Waals surface area contributed by atoms with E-state index in [9.17, 15) is 13.2 Å². The van der Waals surface area contributed by atoms with Crippen molar-refractivity contribution in [2.45, 2.75) is 27.2 Å². The second kappa shape index (κ2) is 6.76. The van der Waals surface area contributed by atoms with E-state index in [1.54, 1.807) is 24.3 Å². The van der Waals surface area contributed by atoms with Crippen LogP contribution in [0.5, 0.6) is 0 Å². The first-order chi connectivity index (χ1) is 9.57. The smallest absolute Gasteiger partial charge is 0.328 e. The molecule has 0 unspecified atom stereocenters. The fraction of sp³-hybridized carbons (Fsp3) is 0.400. The highest BCUT2D eigenvalue weighted by Gasteiger charge is 2.17. The zero-order valence-corrected chi connectivity index (χ0v) is 13.3. The van der Waals surface area contributed by atoms with Crippen molar-refractivity contribution in [3.8, 4) is 0 Å². The largest absolute Gasteiger partial charge is 0.478 e. The summed E-state index contributed by atoms with van der Waals surface area (Å²) in [4.78, 5) is 10.4. The predicted octanol–water partition coefficient (Wildman–Crippen LogP) is 2.96. The minimum atomic E-state index is -3.37. The van der Waals surface area contributed by atoms with Gasteiger partial charge in [0.2, 0.25) is 10.0 Å². The van der Waals surface area contributed by atoms with Gasteiger partial charge in [-0.05, 0) is 35.6 Å². The molecule has 2 N–H and O–H groups in total. The summed E-state index contributed by atoms with van der Waals surface area (Å²) in [5.74, 6) is -0.959. The van der Waals surface area contributed by atoms with E-state index in [2.05, 4.69) is 4.72 Å². The molecule has 0 saturated heterocycles. The van der Waals surface area contributed by atoms with E-state index in [1.165, 1.54) is 6.08 Å². The summed E-state index contributed by atoms with van der Waals surface area (Å²) in [6.45, 7) is 5.98. The normalized spacial score (nSPS) is 12.5. The van der Waals surface area contributed by atoms with Crippen molar-refractivity contribution in [2.24, 2.45) is 5.41 Å². The second-order valence-electron chi connectivity index (χ2n) is 6.03. The molecule has 0 aliphatic heterocycles. The molecule has 0 saturated carbocycles. The number of anilines is 1. The molecule has 0 aromatic heterocycles. The van der Waals surface area contributed by atoms with Crippen molar-refractivity contribution in [1.29, 1.82) is 0 Å². The van der Waals surface area contributed by atoms with Gasteiger partial charge in [0, 0.05) is 11.8 Å². The van der Waals surface area contributed by atoms with Crippen LogP contribution in [-0.2, 0) is 14.8 Å². The number of hydrogen-bond donors (Lipinski definition) is 2. The van der Waals surface area contributed by atoms with Gasteiger partial charge in [-0.2, -0.15) is 0 Å². The lowest BCUT2D eigenvalue weighted by Gasteiger charge is -2.18. The lowest BCUT2D eigenvalue weighted by molar-refractivity contribution is -0.131. The van der Waals surface area contributed by atoms with Gasteiger partial charge in [-0.15, -0.1) is 0 Å². The lowest BCUT2D eigenvalue weighted by Crippen LogP contribution is -2.20. The van der Waals surface area contributed by atoms with Gasteiger partial charge in [0.15, 0.2) is 0 Å². The molecule has 0 radical (unpaired) electrons. The van der Waals surface area contributed by atoms with Crippen molar-refractivity contribution in [1.82, 2.24) is 0 Å². The summed E-state index contributed by atoms with van der Waals surface area (Å²) in [6.07, 6.45) is 3.05. The molecule has 21 heavy (non-hydrogen) atoms. The lowest BCUT2D eigenvalue weighted by atomic mass is 9.94. The molecular formula is C15H21NO4S. The Bertz CT molecular complexity index is 610. The fourth-order valence-electron chi connectivity index (χ4n) is 1.50. The van der Waals surface area contributed by atoms with Gasteiger partial charge in [0.1, 0.15) is 0 Å². The first-order valence-electron chi connectivity index (χ1n) is 6.59. The standard InChI is InChI=1S/C15H21NO4S/c1-15(2,3)10-11-21(19,20)16-13-7-4-12(5-8-13)6-9-14(17)18/h4-9,16H,10-11H2,1-3H3,(H,17,18)/b9-6+. The first-order valence-corrected chi connectivity index (χ1v) is 8.24. The van der Waals surface area contributed by atoms with Crippen LogP contribution in [0.15, 0.2) is 30.3 Å². The van der Waals surface area contributed by atoms with Crippen LogP contribution in [0.25, 0.3) is 6.08 Å². The van der Waals surface area contributed by atoms with Crippen LogP contribution in [0.3, 0.4) is 0 Å². The molecule has 116 valence electrons. The van der Waals surface area contributed by atoms with Crippen molar-refractivity contribution in [3.05, 3.63) is 35.9 Å². The third-order valence-electron chi connectivity index (χ3n) is 2.72. The van der Waals surface area contributed by atoms with E-state index in [1.807, 2.05) is 20.8 Å². The van der Waals surface area contributed by atoms with Crippen molar-refractivity contribution >= 4 is 27.8 Å². The van der Waals surface area contributed by atoms with Gasteiger partial charge in [0.05, 0.1) is 5.75 Å². The van der Waals surface area contributed by atoms with Crippen LogP contribution in [-0.4, -0.2) is 25.2 Å². The van der Waals surface area contributed by atoms with Crippen LogP contribution in [0.2, 0.25) is 0 Å². The Balaban J connectivity index is 2.69. The molecule has 1 rings (SSSR count). The summed E-state index contributed by atoms with van der Waals surface area (Å²) in [5.41, 5.74) is 1.12. The molecule has 0 heterocycles. The van der Waals surface area contributed by atoms with Gasteiger partial charge in [-0.3, -0.25) is 4.72 Å². The number of sulfonamides is 1. The van der Waals surface area contributed by atoms with Gasteiger partial charge in [-0.1, -0.05) is 32.9 Å². The number of nitrogens with one attached hydrogen (secondary N) is 1. The van der Waals surface area contributed by atoms with E-state index < -0.39 is 16.0 Å². The number of benzene rings is 1. The maximum absolute atomic E-state index is 11.9. The van der Waals surface area contributed by atoms with Gasteiger partial charge in [0.25, 0.3) is 0 Å². The Hall–Kier alpha value is -1.82. The highest BCUT2D eigenvalue weighted by atomic mass is 32.2. The van der Waals surface area contributed by atoms with E-state index in [0.717, 1.165) is 6.08 Å². The molecule has 0 atom stereocenters. The van der Waals surface area contributed by atoms with E-state index in [0.29, 0.717) is 17.7 Å². The number of carboxylic acid groups (broad SMARTS) is 1. The minimum Gasteiger partial charge on any atom is -0.478 e. The van der Waals surface area contributed by atoms with E-state index >= 15 is 0 Å². The maximum atomic E-state index is 11.9. The second-order valence-corrected chi connectivity index (χ2v) is 7.87. The minimum absolute atomic E-state index is 0.0414. The number of carbonyl (C=O) groups is 1. The average molecular weight is 311 g/mol. The quantitative estimate of drug-likeness (QED) is 0.791. The van der Waals surface area contributed by atoms with Crippen LogP contribution < -0.4 is 4.72 Å². The predicted molar refractivity (Wildman–Crippen MR) is 84.6 cm³/mol. The molecule has 0 spiro atoms. The molecule has 0 bridgehead atoms. The highest BCUT2D eigenvalue weighted by Crippen LogP contribution is 2.20. The van der Waals surface area contributed by atoms with Gasteiger partial charge in [-0.25, -0.2) is 13.2 Å². The molecule has 6 heteroatoms. The molecule has 0 aliphatic carbocycles. The van der Waals surface area contributed by atoms with E-state index in [-0.39, 0.29) is 11.2 Å². The highest BCUT2D eigenvalue weighted by molar-refractivity contribution is 7.92. The summed E-state index contributed by atoms with van der Waals surface area (Å²) in [7, 11) is -3.37. The summed E-state index contributed by atoms with van der Waals surface area (Å²) in [6, 6.07) is 6.52. The number of carboxylic acids is 1. The molecule has 0 fully saturated rings. The molecular weight excluding hydrogens is 290 g/mol. The SMILES string of the molecule is CC(C)(C)CCS(=O)(=O)Nc1ccc(/C=C/C(=O)O)cc1. The van der Waals surface area contributed by atoms with Gasteiger partial charge < -0.3 is 5.11 Å². The van der Waals surface area contributed by atoms with Gasteiger partial charge >= 0.3 is 5.97 Å². The molecule has 1 aromatic carbocycles. The van der Waals surface area contributed by atoms with Crippen molar-refractivity contribution in [2.75, 3.05) is 10.5 Å². The van der Waals surface area contributed by atoms with Crippen LogP contribution >= 0.6 is 0 Å². The average Bonchev–Trinajstić information content (AvgIpc) is 2.35. The number of aliphatic carboxylic acids is 1. The zero-order chi connectivity index (χ0) is 16.1. The fourth-order valence-corrected chi connectivity index (χ4v) is 2.98.